The molecule has 3 spiro atoms. The van der Waals surface area contributed by atoms with Gasteiger partial charge in [-0.15, -0.1) is 0 Å². The Morgan fingerprint density at radius 2 is 0.563 bits per heavy atom. The van der Waals surface area contributed by atoms with Crippen molar-refractivity contribution in [1.29, 1.82) is 0 Å². The molecule has 2 aliphatic heterocycles. The second-order valence-electron chi connectivity index (χ2n) is 34.1. The van der Waals surface area contributed by atoms with Gasteiger partial charge in [-0.05, 0) is 288 Å². The first-order valence-electron chi connectivity index (χ1n) is 31.6. The van der Waals surface area contributed by atoms with Crippen molar-refractivity contribution < 1.29 is 53.1 Å². The van der Waals surface area contributed by atoms with Gasteiger partial charge >= 0.3 is 0 Å². The molecule has 0 N–H and O–H groups in total. The van der Waals surface area contributed by atoms with Crippen LogP contribution in [0, 0.1) is 0 Å². The third kappa shape index (κ3) is 2.42. The van der Waals surface area contributed by atoms with Crippen molar-refractivity contribution in [1.82, 2.24) is 0 Å². The maximum absolute atomic E-state index is 19.2. The molecular formula is C76H36O11. The average Bonchev–Trinajstić information content (AvgIpc) is 1.35. The van der Waals surface area contributed by atoms with Crippen molar-refractivity contribution in [3.05, 3.63) is 66.8 Å². The molecule has 20 aromatic carbocycles. The van der Waals surface area contributed by atoms with Gasteiger partial charge in [-0.1, -0.05) is 0 Å². The standard InChI is InChI=1S/C76H36O11/c1-65(2,3)79-76-52-42-32-28-17-15-13-14-16(17)21-27-25-19(14)23-22-18(13)24-26-20(15)29-31(28)41(42)51-49-39(29)37(26)47-43-33(24)34(22)44-45-35(23)36(25)46-48-38(27)40(30(21)32)50(52)60-58(48)71(87-84-68(10,11)12)56(46)55(45)70(86-83-67(7,8)9)54(44)53(43)69(85-82-66(4,5)6)57(47)59(49)72(74(51,76)80-72)62(61(69)63(70)77)73(64(71)78)75(60,76)81-73/h1-12H3/t69-,70+,71+,72+,73+,74+,75-,76+/m1/s1. The van der Waals surface area contributed by atoms with E-state index in [2.05, 4.69) is 20.8 Å². The van der Waals surface area contributed by atoms with Gasteiger partial charge in [0.1, 0.15) is 0 Å². The number of ketones is 2. The summed E-state index contributed by atoms with van der Waals surface area (Å²) in [6.07, 6.45) is 0. The van der Waals surface area contributed by atoms with E-state index in [0.717, 1.165) is 104 Å². The van der Waals surface area contributed by atoms with Crippen LogP contribution in [0.2, 0.25) is 0 Å². The lowest BCUT2D eigenvalue weighted by Gasteiger charge is -2.54. The van der Waals surface area contributed by atoms with Crippen LogP contribution < -0.4 is 0 Å². The highest BCUT2D eigenvalue weighted by atomic mass is 17.2. The first-order chi connectivity index (χ1) is 41.5. The summed E-state index contributed by atoms with van der Waals surface area (Å²) in [5.41, 5.74) is -8.39. The number of fused-ring (bicyclic) bond motifs is 3. The van der Waals surface area contributed by atoms with Crippen molar-refractivity contribution in [2.24, 2.45) is 0 Å². The summed E-state index contributed by atoms with van der Waals surface area (Å²) >= 11 is 0. The van der Waals surface area contributed by atoms with Gasteiger partial charge in [0, 0.05) is 66.8 Å². The number of carbonyl (C=O) groups is 2. The van der Waals surface area contributed by atoms with Gasteiger partial charge in [0.05, 0.1) is 22.4 Å². The van der Waals surface area contributed by atoms with Gasteiger partial charge in [-0.25, -0.2) is 29.3 Å². The highest BCUT2D eigenvalue weighted by Crippen LogP contribution is 3.01. The van der Waals surface area contributed by atoms with Crippen LogP contribution in [0.3, 0.4) is 0 Å². The lowest BCUT2D eigenvalue weighted by Crippen LogP contribution is -2.68. The number of ether oxygens (including phenoxy) is 3. The maximum Gasteiger partial charge on any atom is 0.218 e. The van der Waals surface area contributed by atoms with E-state index in [-0.39, 0.29) is 17.1 Å². The van der Waals surface area contributed by atoms with Gasteiger partial charge in [0.15, 0.2) is 33.6 Å². The first kappa shape index (κ1) is 40.1. The zero-order chi connectivity index (χ0) is 56.4. The molecule has 20 aromatic rings. The minimum Gasteiger partial charge on any atom is -0.357 e. The SMILES string of the molecule is CC(C)(C)OO[C@]12C(=O)C3=C4[C@@]56O[C@]57c5c8c9c%10c(c1c1c%11c2c2c%12c%13c(c%14c%15c%16c%17c%18c(c5c5c9c9c%19c%10c1c1c%10c%11c%12c%11c%12c%13c%15c%13c%17c%15c%18c5c9c5c%15c(c%13%12)c(c%11%10)c5c%191)[C@]7(OC(C)(C)C)[C@]%161O[C@]4%141)[C@@]32OOC(C)(C)C)[C@@]8(OOC(C)(C)C)C6=O. The third-order valence-electron chi connectivity index (χ3n) is 27.0. The summed E-state index contributed by atoms with van der Waals surface area (Å²) in [7, 11) is 0. The number of epoxide rings is 2. The Bertz CT molecular complexity index is 7370. The number of benzene rings is 14. The monoisotopic (exact) mass is 1120 g/mol. The van der Waals surface area contributed by atoms with Crippen LogP contribution in [0.1, 0.15) is 139 Å². The molecule has 87 heavy (non-hydrogen) atoms. The van der Waals surface area contributed by atoms with E-state index in [1.807, 2.05) is 62.3 Å². The van der Waals surface area contributed by atoms with Crippen LogP contribution in [0.25, 0.3) is 205 Å². The molecule has 1 saturated carbocycles. The van der Waals surface area contributed by atoms with E-state index in [1.54, 1.807) is 0 Å². The van der Waals surface area contributed by atoms with Crippen LogP contribution in [-0.2, 0) is 92.3 Å². The zero-order valence-corrected chi connectivity index (χ0v) is 48.5. The van der Waals surface area contributed by atoms with E-state index in [0.29, 0.717) is 22.3 Å². The Hall–Kier alpha value is -7.52. The molecule has 32 rings (SSSR count). The van der Waals surface area contributed by atoms with E-state index >= 15 is 9.59 Å². The molecule has 0 amide bonds. The van der Waals surface area contributed by atoms with Crippen molar-refractivity contribution in [2.45, 2.75) is 150 Å². The van der Waals surface area contributed by atoms with E-state index in [4.69, 9.17) is 43.5 Å². The summed E-state index contributed by atoms with van der Waals surface area (Å²) < 4.78 is 25.7. The summed E-state index contributed by atoms with van der Waals surface area (Å²) in [6.45, 7) is 24.4. The highest BCUT2D eigenvalue weighted by molar-refractivity contribution is 6.76. The van der Waals surface area contributed by atoms with Crippen LogP contribution in [0.5, 0.6) is 0 Å². The minimum absolute atomic E-state index is 0.282. The molecule has 11 nitrogen and oxygen atoms in total. The molecule has 2 saturated heterocycles. The van der Waals surface area contributed by atoms with Crippen LogP contribution in [-0.4, -0.2) is 39.6 Å². The predicted octanol–water partition coefficient (Wildman–Crippen LogP) is 15.9. The molecule has 406 valence electrons. The Morgan fingerprint density at radius 3 is 0.977 bits per heavy atom. The third-order valence-corrected chi connectivity index (χ3v) is 27.0. The quantitative estimate of drug-likeness (QED) is 0.0656. The molecule has 0 bridgehead atoms. The molecular weight excluding hydrogens is 1090 g/mol. The second-order valence-corrected chi connectivity index (χ2v) is 34.1. The van der Waals surface area contributed by atoms with Gasteiger partial charge in [-0.2, -0.15) is 0 Å². The lowest BCUT2D eigenvalue weighted by molar-refractivity contribution is -0.401. The van der Waals surface area contributed by atoms with Gasteiger partial charge < -0.3 is 14.2 Å². The van der Waals surface area contributed by atoms with E-state index in [9.17, 15) is 0 Å². The summed E-state index contributed by atoms with van der Waals surface area (Å²) in [4.78, 5) is 83.3. The van der Waals surface area contributed by atoms with Crippen molar-refractivity contribution in [3.8, 4) is 0 Å². The molecule has 3 fully saturated rings. The lowest BCUT2D eigenvalue weighted by atomic mass is 9.46. The zero-order valence-electron chi connectivity index (χ0n) is 48.5. The van der Waals surface area contributed by atoms with E-state index in [1.165, 1.54) is 140 Å². The molecule has 2 heterocycles. The molecule has 0 aromatic heterocycles. The van der Waals surface area contributed by atoms with Crippen LogP contribution in [0.15, 0.2) is 11.1 Å². The highest BCUT2D eigenvalue weighted by Gasteiger charge is 3.10. The maximum atomic E-state index is 19.2. The Labute approximate surface area is 484 Å². The number of hydrogen-bond acceptors (Lipinski definition) is 11. The molecule has 11 heteroatoms. The molecule has 12 aliphatic rings. The van der Waals surface area contributed by atoms with E-state index < -0.39 is 67.2 Å². The number of hydrogen-bond donors (Lipinski definition) is 0. The predicted molar refractivity (Wildman–Crippen MR) is 327 cm³/mol. The molecule has 8 atom stereocenters. The molecule has 0 radical (unpaired) electrons. The fourth-order valence-electron chi connectivity index (χ4n) is 26.7. The van der Waals surface area contributed by atoms with Gasteiger partial charge in [-0.3, -0.25) is 9.59 Å². The van der Waals surface area contributed by atoms with Crippen molar-refractivity contribution in [2.75, 3.05) is 0 Å². The number of rotatable bonds is 7. The summed E-state index contributed by atoms with van der Waals surface area (Å²) in [5.74, 6) is -0.696. The van der Waals surface area contributed by atoms with Crippen LogP contribution in [0.4, 0.5) is 0 Å². The van der Waals surface area contributed by atoms with Crippen molar-refractivity contribution >= 4 is 216 Å². The summed E-state index contributed by atoms with van der Waals surface area (Å²) in [6, 6.07) is 0. The minimum atomic E-state index is -2.08. The summed E-state index contributed by atoms with van der Waals surface area (Å²) in [5, 5.41) is 46.8. The van der Waals surface area contributed by atoms with Gasteiger partial charge in [0.25, 0.3) is 0 Å². The first-order valence-corrected chi connectivity index (χ1v) is 31.6. The molecule has 0 unspecified atom stereocenters. The van der Waals surface area contributed by atoms with Crippen molar-refractivity contribution in [3.63, 3.8) is 0 Å². The smallest absolute Gasteiger partial charge is 0.218 e. The Morgan fingerprint density at radius 1 is 0.276 bits per heavy atom. The Balaban J connectivity index is 1.06. The topological polar surface area (TPSA) is 124 Å². The second kappa shape index (κ2) is 8.95. The normalized spacial score (nSPS) is 33.4. The number of Topliss-reactive ketones (excluding diaryl/α,β-unsaturated/α-hetero) is 2. The fraction of sp³-hybridized carbons (Fsp3) is 0.316. The number of carbonyl (C=O) groups excluding carboxylic acids is 2. The van der Waals surface area contributed by atoms with Crippen LogP contribution >= 0.6 is 0 Å². The Kier molecular flexibility index (Phi) is 4.12. The fourth-order valence-corrected chi connectivity index (χ4v) is 26.7. The molecule has 10 aliphatic carbocycles. The average molecular weight is 1130 g/mol. The largest absolute Gasteiger partial charge is 0.357 e. The van der Waals surface area contributed by atoms with Gasteiger partial charge in [0.2, 0.25) is 22.8 Å².